The number of fused-ring (bicyclic) bond motifs is 1. The summed E-state index contributed by atoms with van der Waals surface area (Å²) in [5.41, 5.74) is 2.79. The van der Waals surface area contributed by atoms with Crippen LogP contribution in [0.25, 0.3) is 10.3 Å². The summed E-state index contributed by atoms with van der Waals surface area (Å²) >= 11 is 1.28. The van der Waals surface area contributed by atoms with E-state index in [0.29, 0.717) is 23.4 Å². The summed E-state index contributed by atoms with van der Waals surface area (Å²) in [5, 5.41) is 6.32. The molecule has 32 heavy (non-hydrogen) atoms. The predicted molar refractivity (Wildman–Crippen MR) is 125 cm³/mol. The summed E-state index contributed by atoms with van der Waals surface area (Å²) in [6.07, 6.45) is 2.85. The van der Waals surface area contributed by atoms with E-state index in [2.05, 4.69) is 25.5 Å². The molecule has 1 aliphatic rings. The van der Waals surface area contributed by atoms with Crippen molar-refractivity contribution in [3.05, 3.63) is 46.0 Å². The second-order valence-electron chi connectivity index (χ2n) is 8.02. The maximum Gasteiger partial charge on any atom is 0.273 e. The standard InChI is InChI=1S/C22H26N6O3S/c1-13-5-4-6-14(2)17(13)25-16(29)11-28-12-24-19-18(21(28)31)32-22(26-19)27-9-7-15(8-10-27)20(30)23-3/h4-6,12,15H,7-11H2,1-3H3,(H,23,30)(H,25,29). The SMILES string of the molecule is CNC(=O)C1CCN(c2nc3ncn(CC(=O)Nc4c(C)cccc4C)c(=O)c3s2)CC1. The molecule has 10 heteroatoms. The molecule has 4 rings (SSSR count). The minimum Gasteiger partial charge on any atom is -0.359 e. The smallest absolute Gasteiger partial charge is 0.273 e. The van der Waals surface area contributed by atoms with E-state index >= 15 is 0 Å². The van der Waals surface area contributed by atoms with E-state index in [1.807, 2.05) is 32.0 Å². The van der Waals surface area contributed by atoms with Crippen LogP contribution >= 0.6 is 11.3 Å². The summed E-state index contributed by atoms with van der Waals surface area (Å²) in [7, 11) is 1.65. The molecule has 3 aromatic rings. The summed E-state index contributed by atoms with van der Waals surface area (Å²) in [6, 6.07) is 5.79. The second-order valence-corrected chi connectivity index (χ2v) is 8.99. The van der Waals surface area contributed by atoms with Crippen LogP contribution in [0.5, 0.6) is 0 Å². The first-order valence-corrected chi connectivity index (χ1v) is 11.4. The zero-order valence-corrected chi connectivity index (χ0v) is 19.2. The van der Waals surface area contributed by atoms with Crippen LogP contribution in [-0.4, -0.2) is 46.5 Å². The summed E-state index contributed by atoms with van der Waals surface area (Å²) in [6.45, 7) is 5.13. The Labute approximate surface area is 189 Å². The van der Waals surface area contributed by atoms with Crippen molar-refractivity contribution in [1.82, 2.24) is 19.9 Å². The summed E-state index contributed by atoms with van der Waals surface area (Å²) in [5.74, 6) is -0.208. The van der Waals surface area contributed by atoms with E-state index in [1.54, 1.807) is 7.05 Å². The number of aryl methyl sites for hydroxylation is 2. The van der Waals surface area contributed by atoms with Gasteiger partial charge in [0.1, 0.15) is 17.6 Å². The van der Waals surface area contributed by atoms with Gasteiger partial charge in [-0.1, -0.05) is 29.5 Å². The van der Waals surface area contributed by atoms with Crippen molar-refractivity contribution < 1.29 is 9.59 Å². The van der Waals surface area contributed by atoms with Gasteiger partial charge >= 0.3 is 0 Å². The fourth-order valence-corrected chi connectivity index (χ4v) is 4.99. The molecule has 0 radical (unpaired) electrons. The lowest BCUT2D eigenvalue weighted by atomic mass is 9.96. The molecule has 1 saturated heterocycles. The first kappa shape index (κ1) is 21.9. The number of benzene rings is 1. The highest BCUT2D eigenvalue weighted by atomic mass is 32.1. The van der Waals surface area contributed by atoms with Gasteiger partial charge in [-0.2, -0.15) is 4.98 Å². The molecule has 2 amide bonds. The average Bonchev–Trinajstić information content (AvgIpc) is 3.23. The molecule has 1 aliphatic heterocycles. The molecule has 0 spiro atoms. The minimum absolute atomic E-state index is 0.0105. The molecule has 0 aliphatic carbocycles. The Morgan fingerprint density at radius 3 is 2.53 bits per heavy atom. The zero-order chi connectivity index (χ0) is 22.8. The number of nitrogens with one attached hydrogen (secondary N) is 2. The molecular formula is C22H26N6O3S. The number of thiazole rings is 1. The van der Waals surface area contributed by atoms with Gasteiger partial charge in [-0.05, 0) is 37.8 Å². The monoisotopic (exact) mass is 454 g/mol. The number of piperidine rings is 1. The number of carbonyl (C=O) groups is 2. The quantitative estimate of drug-likeness (QED) is 0.611. The van der Waals surface area contributed by atoms with Crippen molar-refractivity contribution in [3.63, 3.8) is 0 Å². The lowest BCUT2D eigenvalue weighted by molar-refractivity contribution is -0.125. The molecular weight excluding hydrogens is 428 g/mol. The van der Waals surface area contributed by atoms with E-state index in [0.717, 1.165) is 34.8 Å². The van der Waals surface area contributed by atoms with Crippen molar-refractivity contribution in [2.24, 2.45) is 5.92 Å². The third-order valence-electron chi connectivity index (χ3n) is 5.81. The summed E-state index contributed by atoms with van der Waals surface area (Å²) < 4.78 is 1.74. The van der Waals surface area contributed by atoms with Crippen LogP contribution in [0.3, 0.4) is 0 Å². The minimum atomic E-state index is -0.285. The average molecular weight is 455 g/mol. The van der Waals surface area contributed by atoms with Crippen molar-refractivity contribution >= 4 is 44.3 Å². The Bertz CT molecular complexity index is 1210. The first-order valence-electron chi connectivity index (χ1n) is 10.6. The first-order chi connectivity index (χ1) is 15.4. The van der Waals surface area contributed by atoms with Crippen molar-refractivity contribution in [3.8, 4) is 0 Å². The van der Waals surface area contributed by atoms with Crippen LogP contribution in [-0.2, 0) is 16.1 Å². The molecule has 1 fully saturated rings. The van der Waals surface area contributed by atoms with Gasteiger partial charge in [0, 0.05) is 31.7 Å². The maximum absolute atomic E-state index is 13.0. The van der Waals surface area contributed by atoms with Gasteiger partial charge < -0.3 is 15.5 Å². The molecule has 168 valence electrons. The summed E-state index contributed by atoms with van der Waals surface area (Å²) in [4.78, 5) is 48.3. The topological polar surface area (TPSA) is 109 Å². The molecule has 0 saturated carbocycles. The molecule has 1 aromatic carbocycles. The van der Waals surface area contributed by atoms with E-state index in [9.17, 15) is 14.4 Å². The number of anilines is 2. The fraction of sp³-hybridized carbons (Fsp3) is 0.409. The molecule has 9 nitrogen and oxygen atoms in total. The Hall–Kier alpha value is -3.27. The number of aromatic nitrogens is 3. The van der Waals surface area contributed by atoms with Gasteiger partial charge in [0.2, 0.25) is 11.8 Å². The molecule has 3 heterocycles. The van der Waals surface area contributed by atoms with Crippen molar-refractivity contribution in [2.75, 3.05) is 30.4 Å². The van der Waals surface area contributed by atoms with Crippen molar-refractivity contribution in [2.45, 2.75) is 33.2 Å². The van der Waals surface area contributed by atoms with Crippen LogP contribution in [0.1, 0.15) is 24.0 Å². The molecule has 0 bridgehead atoms. The number of carbonyl (C=O) groups excluding carboxylic acids is 2. The number of hydrogen-bond acceptors (Lipinski definition) is 7. The van der Waals surface area contributed by atoms with Gasteiger partial charge in [-0.3, -0.25) is 19.0 Å². The zero-order valence-electron chi connectivity index (χ0n) is 18.3. The van der Waals surface area contributed by atoms with Gasteiger partial charge in [0.25, 0.3) is 5.56 Å². The Morgan fingerprint density at radius 2 is 1.88 bits per heavy atom. The Morgan fingerprint density at radius 1 is 1.19 bits per heavy atom. The van der Waals surface area contributed by atoms with Crippen LogP contribution in [0.2, 0.25) is 0 Å². The Balaban J connectivity index is 1.49. The highest BCUT2D eigenvalue weighted by Crippen LogP contribution is 2.29. The van der Waals surface area contributed by atoms with Crippen molar-refractivity contribution in [1.29, 1.82) is 0 Å². The normalized spacial score (nSPS) is 14.5. The third kappa shape index (κ3) is 4.36. The molecule has 0 unspecified atom stereocenters. The molecule has 0 atom stereocenters. The molecule has 2 aromatic heterocycles. The van der Waals surface area contributed by atoms with Gasteiger partial charge in [-0.15, -0.1) is 0 Å². The Kier molecular flexibility index (Phi) is 6.22. The largest absolute Gasteiger partial charge is 0.359 e. The van der Waals surface area contributed by atoms with E-state index < -0.39 is 0 Å². The van der Waals surface area contributed by atoms with Crippen LogP contribution in [0.15, 0.2) is 29.3 Å². The number of para-hydroxylation sites is 1. The lowest BCUT2D eigenvalue weighted by Crippen LogP contribution is -2.39. The third-order valence-corrected chi connectivity index (χ3v) is 6.91. The van der Waals surface area contributed by atoms with E-state index in [-0.39, 0.29) is 29.8 Å². The molecule has 2 N–H and O–H groups in total. The van der Waals surface area contributed by atoms with Crippen LogP contribution < -0.4 is 21.1 Å². The number of amides is 2. The van der Waals surface area contributed by atoms with Gasteiger partial charge in [-0.25, -0.2) is 4.98 Å². The van der Waals surface area contributed by atoms with Gasteiger partial charge in [0.05, 0.1) is 0 Å². The second kappa shape index (κ2) is 9.07. The predicted octanol–water partition coefficient (Wildman–Crippen LogP) is 2.07. The van der Waals surface area contributed by atoms with Crippen LogP contribution in [0.4, 0.5) is 10.8 Å². The highest BCUT2D eigenvalue weighted by Gasteiger charge is 2.26. The van der Waals surface area contributed by atoms with E-state index in [1.165, 1.54) is 22.2 Å². The van der Waals surface area contributed by atoms with E-state index in [4.69, 9.17) is 0 Å². The fourth-order valence-electron chi connectivity index (χ4n) is 3.97. The van der Waals surface area contributed by atoms with Gasteiger partial charge in [0.15, 0.2) is 10.8 Å². The lowest BCUT2D eigenvalue weighted by Gasteiger charge is -2.30. The maximum atomic E-state index is 13.0. The number of hydrogen-bond donors (Lipinski definition) is 2. The number of nitrogens with zero attached hydrogens (tertiary/aromatic N) is 4. The van der Waals surface area contributed by atoms with Crippen LogP contribution in [0, 0.1) is 19.8 Å². The highest BCUT2D eigenvalue weighted by molar-refractivity contribution is 7.22. The number of rotatable bonds is 5.